The van der Waals surface area contributed by atoms with Crippen molar-refractivity contribution >= 4 is 5.97 Å². The Kier molecular flexibility index (Phi) is 4.83. The molecule has 16 heavy (non-hydrogen) atoms. The van der Waals surface area contributed by atoms with Crippen molar-refractivity contribution < 1.29 is 14.3 Å². The number of rotatable bonds is 5. The molecule has 0 spiro atoms. The largest absolute Gasteiger partial charge is 0.491 e. The van der Waals surface area contributed by atoms with Gasteiger partial charge in [0.15, 0.2) is 0 Å². The molecule has 0 bridgehead atoms. The van der Waals surface area contributed by atoms with Crippen LogP contribution < -0.4 is 4.74 Å². The normalized spacial score (nSPS) is 11.9. The predicted octanol–water partition coefficient (Wildman–Crippen LogP) is 2.93. The molecule has 1 aromatic rings. The van der Waals surface area contributed by atoms with E-state index in [2.05, 4.69) is 6.92 Å². The highest BCUT2D eigenvalue weighted by Crippen LogP contribution is 2.16. The second-order valence-electron chi connectivity index (χ2n) is 3.76. The molecule has 0 aliphatic carbocycles. The van der Waals surface area contributed by atoms with Crippen molar-refractivity contribution in [2.75, 3.05) is 0 Å². The highest BCUT2D eigenvalue weighted by Gasteiger charge is 2.02. The Morgan fingerprint density at radius 1 is 1.44 bits per heavy atom. The molecular weight excluding hydrogens is 204 g/mol. The summed E-state index contributed by atoms with van der Waals surface area (Å²) in [4.78, 5) is 10.7. The summed E-state index contributed by atoms with van der Waals surface area (Å²) in [5.41, 5.74) is 0.941. The monoisotopic (exact) mass is 222 g/mol. The molecule has 0 fully saturated rings. The number of hydrogen-bond acceptors (Lipinski definition) is 3. The van der Waals surface area contributed by atoms with Crippen LogP contribution in [0.15, 0.2) is 24.3 Å². The minimum Gasteiger partial charge on any atom is -0.491 e. The summed E-state index contributed by atoms with van der Waals surface area (Å²) in [6, 6.07) is 7.61. The van der Waals surface area contributed by atoms with Crippen LogP contribution in [0, 0.1) is 0 Å². The van der Waals surface area contributed by atoms with Gasteiger partial charge in [0.1, 0.15) is 12.4 Å². The summed E-state index contributed by atoms with van der Waals surface area (Å²) >= 11 is 0. The van der Waals surface area contributed by atoms with Crippen molar-refractivity contribution in [3.63, 3.8) is 0 Å². The fourth-order valence-corrected chi connectivity index (χ4v) is 1.21. The maximum absolute atomic E-state index is 10.7. The summed E-state index contributed by atoms with van der Waals surface area (Å²) in [6.07, 6.45) is 1.16. The minimum absolute atomic E-state index is 0.198. The molecule has 0 amide bonds. The Morgan fingerprint density at radius 2 is 2.19 bits per heavy atom. The van der Waals surface area contributed by atoms with Crippen molar-refractivity contribution in [3.05, 3.63) is 29.8 Å². The molecule has 1 atom stereocenters. The van der Waals surface area contributed by atoms with E-state index < -0.39 is 0 Å². The highest BCUT2D eigenvalue weighted by molar-refractivity contribution is 5.65. The summed E-state index contributed by atoms with van der Waals surface area (Å²) in [6.45, 7) is 5.80. The van der Waals surface area contributed by atoms with Crippen molar-refractivity contribution in [3.8, 4) is 5.75 Å². The predicted molar refractivity (Wildman–Crippen MR) is 62.3 cm³/mol. The average Bonchev–Trinajstić information content (AvgIpc) is 2.26. The van der Waals surface area contributed by atoms with E-state index in [1.165, 1.54) is 6.92 Å². The SMILES string of the molecule is CCC(C)Oc1cccc(COC(C)=O)c1. The maximum Gasteiger partial charge on any atom is 0.302 e. The molecule has 0 aromatic heterocycles. The van der Waals surface area contributed by atoms with Crippen molar-refractivity contribution in [1.29, 1.82) is 0 Å². The van der Waals surface area contributed by atoms with Gasteiger partial charge in [0.2, 0.25) is 0 Å². The van der Waals surface area contributed by atoms with Gasteiger partial charge in [-0.15, -0.1) is 0 Å². The minimum atomic E-state index is -0.270. The first-order valence-electron chi connectivity index (χ1n) is 5.50. The van der Waals surface area contributed by atoms with Crippen LogP contribution in [0.25, 0.3) is 0 Å². The number of benzene rings is 1. The van der Waals surface area contributed by atoms with Crippen LogP contribution in [0.5, 0.6) is 5.75 Å². The van der Waals surface area contributed by atoms with Gasteiger partial charge in [-0.25, -0.2) is 0 Å². The fraction of sp³-hybridized carbons (Fsp3) is 0.462. The van der Waals surface area contributed by atoms with Crippen LogP contribution >= 0.6 is 0 Å². The molecule has 0 N–H and O–H groups in total. The van der Waals surface area contributed by atoms with E-state index in [0.29, 0.717) is 6.61 Å². The molecule has 1 rings (SSSR count). The van der Waals surface area contributed by atoms with E-state index in [1.807, 2.05) is 31.2 Å². The Labute approximate surface area is 96.4 Å². The topological polar surface area (TPSA) is 35.5 Å². The number of hydrogen-bond donors (Lipinski definition) is 0. The third-order valence-electron chi connectivity index (χ3n) is 2.25. The molecule has 0 heterocycles. The van der Waals surface area contributed by atoms with Gasteiger partial charge >= 0.3 is 5.97 Å². The van der Waals surface area contributed by atoms with Crippen molar-refractivity contribution in [2.24, 2.45) is 0 Å². The fourth-order valence-electron chi connectivity index (χ4n) is 1.21. The lowest BCUT2D eigenvalue weighted by molar-refractivity contribution is -0.142. The zero-order valence-corrected chi connectivity index (χ0v) is 10.0. The molecule has 0 aliphatic rings. The van der Waals surface area contributed by atoms with E-state index in [4.69, 9.17) is 9.47 Å². The van der Waals surface area contributed by atoms with E-state index >= 15 is 0 Å². The van der Waals surface area contributed by atoms with Crippen LogP contribution in [-0.4, -0.2) is 12.1 Å². The Morgan fingerprint density at radius 3 is 2.81 bits per heavy atom. The van der Waals surface area contributed by atoms with Crippen LogP contribution in [0.3, 0.4) is 0 Å². The van der Waals surface area contributed by atoms with Gasteiger partial charge in [-0.2, -0.15) is 0 Å². The van der Waals surface area contributed by atoms with Crippen LogP contribution in [-0.2, 0) is 16.1 Å². The Bertz CT molecular complexity index is 347. The van der Waals surface area contributed by atoms with Gasteiger partial charge in [-0.3, -0.25) is 4.79 Å². The zero-order valence-electron chi connectivity index (χ0n) is 10.0. The molecule has 0 saturated heterocycles. The molecule has 1 aromatic carbocycles. The van der Waals surface area contributed by atoms with Crippen molar-refractivity contribution in [2.45, 2.75) is 39.9 Å². The standard InChI is InChI=1S/C13H18O3/c1-4-10(2)16-13-7-5-6-12(8-13)9-15-11(3)14/h5-8,10H,4,9H2,1-3H3. The lowest BCUT2D eigenvalue weighted by Gasteiger charge is -2.13. The number of esters is 1. The van der Waals surface area contributed by atoms with Crippen molar-refractivity contribution in [1.82, 2.24) is 0 Å². The smallest absolute Gasteiger partial charge is 0.302 e. The third-order valence-corrected chi connectivity index (χ3v) is 2.25. The average molecular weight is 222 g/mol. The molecule has 88 valence electrons. The lowest BCUT2D eigenvalue weighted by Crippen LogP contribution is -2.09. The van der Waals surface area contributed by atoms with E-state index in [9.17, 15) is 4.79 Å². The first kappa shape index (κ1) is 12.6. The zero-order chi connectivity index (χ0) is 12.0. The van der Waals surface area contributed by atoms with E-state index in [1.54, 1.807) is 0 Å². The van der Waals surface area contributed by atoms with E-state index in [0.717, 1.165) is 17.7 Å². The summed E-state index contributed by atoms with van der Waals surface area (Å²) in [5.74, 6) is 0.548. The molecule has 3 heteroatoms. The second-order valence-corrected chi connectivity index (χ2v) is 3.76. The van der Waals surface area contributed by atoms with Gasteiger partial charge in [0.05, 0.1) is 6.10 Å². The lowest BCUT2D eigenvalue weighted by atomic mass is 10.2. The number of ether oxygens (including phenoxy) is 2. The van der Waals surface area contributed by atoms with E-state index in [-0.39, 0.29) is 12.1 Å². The number of carbonyl (C=O) groups excluding carboxylic acids is 1. The Balaban J connectivity index is 2.60. The van der Waals surface area contributed by atoms with Crippen LogP contribution in [0.1, 0.15) is 32.8 Å². The van der Waals surface area contributed by atoms with Crippen LogP contribution in [0.4, 0.5) is 0 Å². The first-order valence-corrected chi connectivity index (χ1v) is 5.50. The summed E-state index contributed by atoms with van der Waals surface area (Å²) in [5, 5.41) is 0. The van der Waals surface area contributed by atoms with Gasteiger partial charge in [0, 0.05) is 6.92 Å². The molecular formula is C13H18O3. The van der Waals surface area contributed by atoms with Gasteiger partial charge < -0.3 is 9.47 Å². The summed E-state index contributed by atoms with van der Waals surface area (Å²) < 4.78 is 10.6. The van der Waals surface area contributed by atoms with Gasteiger partial charge in [-0.1, -0.05) is 19.1 Å². The first-order chi connectivity index (χ1) is 7.61. The summed E-state index contributed by atoms with van der Waals surface area (Å²) in [7, 11) is 0. The quantitative estimate of drug-likeness (QED) is 0.718. The second kappa shape index (κ2) is 6.16. The Hall–Kier alpha value is -1.51. The highest BCUT2D eigenvalue weighted by atomic mass is 16.5. The third kappa shape index (κ3) is 4.34. The maximum atomic E-state index is 10.7. The molecule has 3 nitrogen and oxygen atoms in total. The molecule has 0 aliphatic heterocycles. The van der Waals surface area contributed by atoms with Gasteiger partial charge in [0.25, 0.3) is 0 Å². The number of carbonyl (C=O) groups is 1. The molecule has 1 unspecified atom stereocenters. The van der Waals surface area contributed by atoms with Gasteiger partial charge in [-0.05, 0) is 31.0 Å². The molecule has 0 saturated carbocycles. The molecule has 0 radical (unpaired) electrons. The van der Waals surface area contributed by atoms with Crippen LogP contribution in [0.2, 0.25) is 0 Å².